The van der Waals surface area contributed by atoms with Crippen LogP contribution in [0.2, 0.25) is 0 Å². The average Bonchev–Trinajstić information content (AvgIpc) is 3.34. The number of carbonyl (C=O) groups is 1. The lowest BCUT2D eigenvalue weighted by molar-refractivity contribution is -0.148. The second kappa shape index (κ2) is 11.0. The summed E-state index contributed by atoms with van der Waals surface area (Å²) in [5.74, 6) is 0.130. The number of hydrogen-bond donors (Lipinski definition) is 0. The zero-order valence-corrected chi connectivity index (χ0v) is 26.3. The molecule has 194 valence electrons. The van der Waals surface area contributed by atoms with E-state index in [0.29, 0.717) is 12.2 Å². The molecule has 0 saturated carbocycles. The molecule has 6 aromatic rings. The van der Waals surface area contributed by atoms with Gasteiger partial charge < -0.3 is 9.47 Å². The highest BCUT2D eigenvalue weighted by atomic mass is 79.9. The lowest BCUT2D eigenvalue weighted by atomic mass is 9.93. The Morgan fingerprint density at radius 1 is 0.821 bits per heavy atom. The molecule has 0 bridgehead atoms. The molecule has 0 aliphatic rings. The molecule has 0 aliphatic heterocycles. The van der Waals surface area contributed by atoms with E-state index >= 15 is 0 Å². The molecule has 0 amide bonds. The predicted molar refractivity (Wildman–Crippen MR) is 172 cm³/mol. The molecule has 39 heavy (non-hydrogen) atoms. The first-order valence-corrected chi connectivity index (χ1v) is 15.4. The standard InChI is InChI=1S/C32H21Br3O3S/c1-37-32(36)25(15-18-9-3-2-4-10-18)38-30-23(33)16-19(17-24(30)34)27-20-11-5-6-12-21(20)29(35)31-28(27)22-13-7-8-14-26(22)39-31/h2-14,16-17,25H,15H2,1H3/t25-/m0/s1. The van der Waals surface area contributed by atoms with E-state index in [1.165, 1.54) is 27.3 Å². The van der Waals surface area contributed by atoms with Crippen LogP contribution in [0.25, 0.3) is 42.1 Å². The normalized spacial score (nSPS) is 12.2. The summed E-state index contributed by atoms with van der Waals surface area (Å²) in [6.07, 6.45) is -0.399. The number of halogens is 3. The molecular weight excluding hydrogens is 704 g/mol. The van der Waals surface area contributed by atoms with Crippen LogP contribution < -0.4 is 4.74 Å². The van der Waals surface area contributed by atoms with Gasteiger partial charge in [0, 0.05) is 26.4 Å². The molecule has 0 aliphatic carbocycles. The van der Waals surface area contributed by atoms with Gasteiger partial charge in [0.05, 0.1) is 20.8 Å². The molecule has 1 heterocycles. The number of hydrogen-bond acceptors (Lipinski definition) is 4. The molecule has 6 rings (SSSR count). The minimum Gasteiger partial charge on any atom is -0.476 e. The molecule has 0 spiro atoms. The van der Waals surface area contributed by atoms with Crippen LogP contribution in [0.15, 0.2) is 104 Å². The molecule has 0 radical (unpaired) electrons. The Hall–Kier alpha value is -2.71. The number of benzene rings is 5. The number of ether oxygens (including phenoxy) is 2. The van der Waals surface area contributed by atoms with Crippen molar-refractivity contribution in [3.8, 4) is 16.9 Å². The van der Waals surface area contributed by atoms with Gasteiger partial charge in [0.25, 0.3) is 0 Å². The molecule has 1 atom stereocenters. The summed E-state index contributed by atoms with van der Waals surface area (Å²) in [4.78, 5) is 12.7. The summed E-state index contributed by atoms with van der Waals surface area (Å²) in [5, 5.41) is 4.75. The third-order valence-corrected chi connectivity index (χ3v) is 10.2. The number of methoxy groups -OCH3 is 1. The summed E-state index contributed by atoms with van der Waals surface area (Å²) in [5.41, 5.74) is 3.18. The van der Waals surface area contributed by atoms with Gasteiger partial charge in [-0.1, -0.05) is 72.8 Å². The summed E-state index contributed by atoms with van der Waals surface area (Å²) >= 11 is 13.2. The number of thiophene rings is 1. The van der Waals surface area contributed by atoms with Crippen LogP contribution in [0.5, 0.6) is 5.75 Å². The van der Waals surface area contributed by atoms with E-state index in [2.05, 4.69) is 108 Å². The molecule has 1 aromatic heterocycles. The highest BCUT2D eigenvalue weighted by molar-refractivity contribution is 9.11. The number of carbonyl (C=O) groups excluding carboxylic acids is 1. The fraction of sp³-hybridized carbons (Fsp3) is 0.0938. The van der Waals surface area contributed by atoms with E-state index in [-0.39, 0.29) is 0 Å². The maximum absolute atomic E-state index is 12.7. The maximum Gasteiger partial charge on any atom is 0.347 e. The van der Waals surface area contributed by atoms with Gasteiger partial charge in [-0.25, -0.2) is 4.79 Å². The van der Waals surface area contributed by atoms with Crippen LogP contribution in [0, 0.1) is 0 Å². The van der Waals surface area contributed by atoms with Crippen LogP contribution in [0.3, 0.4) is 0 Å². The minimum absolute atomic E-state index is 0.396. The summed E-state index contributed by atoms with van der Waals surface area (Å²) in [7, 11) is 1.38. The summed E-state index contributed by atoms with van der Waals surface area (Å²) in [6.45, 7) is 0. The van der Waals surface area contributed by atoms with Crippen molar-refractivity contribution in [2.24, 2.45) is 0 Å². The molecule has 0 saturated heterocycles. The van der Waals surface area contributed by atoms with Crippen molar-refractivity contribution in [1.29, 1.82) is 0 Å². The van der Waals surface area contributed by atoms with E-state index < -0.39 is 12.1 Å². The Balaban J connectivity index is 1.51. The van der Waals surface area contributed by atoms with Crippen LogP contribution in [-0.4, -0.2) is 19.2 Å². The van der Waals surface area contributed by atoms with Crippen molar-refractivity contribution in [3.05, 3.63) is 110 Å². The van der Waals surface area contributed by atoms with Crippen LogP contribution in [0.4, 0.5) is 0 Å². The Labute approximate surface area is 255 Å². The number of rotatable bonds is 6. The lowest BCUT2D eigenvalue weighted by Gasteiger charge is -2.20. The highest BCUT2D eigenvalue weighted by Crippen LogP contribution is 2.50. The topological polar surface area (TPSA) is 35.5 Å². The van der Waals surface area contributed by atoms with Crippen molar-refractivity contribution in [2.45, 2.75) is 12.5 Å². The fourth-order valence-corrected chi connectivity index (χ4v) is 8.31. The average molecular weight is 725 g/mol. The van der Waals surface area contributed by atoms with E-state index in [1.54, 1.807) is 11.3 Å². The Bertz CT molecular complexity index is 1840. The fourth-order valence-electron chi connectivity index (χ4n) is 4.99. The van der Waals surface area contributed by atoms with E-state index in [1.807, 2.05) is 30.3 Å². The second-order valence-electron chi connectivity index (χ2n) is 9.13. The zero-order chi connectivity index (χ0) is 27.1. The highest BCUT2D eigenvalue weighted by Gasteiger charge is 2.25. The quantitative estimate of drug-likeness (QED) is 0.161. The van der Waals surface area contributed by atoms with Gasteiger partial charge in [-0.2, -0.15) is 0 Å². The first-order chi connectivity index (χ1) is 19.0. The predicted octanol–water partition coefficient (Wildman–Crippen LogP) is 10.3. The van der Waals surface area contributed by atoms with Gasteiger partial charge in [0.15, 0.2) is 6.10 Å². The van der Waals surface area contributed by atoms with Gasteiger partial charge in [0.2, 0.25) is 0 Å². The maximum atomic E-state index is 12.7. The van der Waals surface area contributed by atoms with Crippen molar-refractivity contribution in [2.75, 3.05) is 7.11 Å². The van der Waals surface area contributed by atoms with E-state index in [9.17, 15) is 4.79 Å². The zero-order valence-electron chi connectivity index (χ0n) is 20.7. The lowest BCUT2D eigenvalue weighted by Crippen LogP contribution is -2.31. The third kappa shape index (κ3) is 4.91. The molecule has 3 nitrogen and oxygen atoms in total. The second-order valence-corrected chi connectivity index (χ2v) is 12.7. The molecule has 0 fully saturated rings. The summed E-state index contributed by atoms with van der Waals surface area (Å²) in [6, 6.07) is 30.9. The van der Waals surface area contributed by atoms with Crippen LogP contribution >= 0.6 is 59.1 Å². The van der Waals surface area contributed by atoms with Gasteiger partial charge >= 0.3 is 5.97 Å². The van der Waals surface area contributed by atoms with E-state index in [4.69, 9.17) is 9.47 Å². The van der Waals surface area contributed by atoms with Crippen molar-refractivity contribution >= 4 is 96.0 Å². The largest absolute Gasteiger partial charge is 0.476 e. The van der Waals surface area contributed by atoms with Crippen LogP contribution in [-0.2, 0) is 16.0 Å². The first kappa shape index (κ1) is 26.5. The SMILES string of the molecule is COC(=O)[C@H](Cc1ccccc1)Oc1c(Br)cc(-c2c3ccccc3c(Br)c3sc4ccccc4c23)cc1Br. The Morgan fingerprint density at radius 3 is 2.13 bits per heavy atom. The van der Waals surface area contributed by atoms with Crippen LogP contribution in [0.1, 0.15) is 5.56 Å². The van der Waals surface area contributed by atoms with Crippen molar-refractivity contribution in [1.82, 2.24) is 0 Å². The van der Waals surface area contributed by atoms with Gasteiger partial charge in [-0.15, -0.1) is 11.3 Å². The first-order valence-electron chi connectivity index (χ1n) is 12.3. The van der Waals surface area contributed by atoms with Gasteiger partial charge in [0.1, 0.15) is 5.75 Å². The number of esters is 1. The minimum atomic E-state index is -0.795. The molecule has 0 unspecified atom stereocenters. The van der Waals surface area contributed by atoms with Crippen molar-refractivity contribution < 1.29 is 14.3 Å². The van der Waals surface area contributed by atoms with Gasteiger partial charge in [-0.05, 0) is 93.5 Å². The van der Waals surface area contributed by atoms with E-state index in [0.717, 1.165) is 40.9 Å². The van der Waals surface area contributed by atoms with Crippen molar-refractivity contribution in [3.63, 3.8) is 0 Å². The Kier molecular flexibility index (Phi) is 7.51. The molecule has 0 N–H and O–H groups in total. The van der Waals surface area contributed by atoms with Gasteiger partial charge in [-0.3, -0.25) is 0 Å². The molecule has 7 heteroatoms. The smallest absolute Gasteiger partial charge is 0.347 e. The molecule has 5 aromatic carbocycles. The molecular formula is C32H21Br3O3S. The number of fused-ring (bicyclic) bond motifs is 4. The third-order valence-electron chi connectivity index (χ3n) is 6.75. The monoisotopic (exact) mass is 722 g/mol. The summed E-state index contributed by atoms with van der Waals surface area (Å²) < 4.78 is 16.4. The Morgan fingerprint density at radius 2 is 1.44 bits per heavy atom.